The van der Waals surface area contributed by atoms with Crippen molar-refractivity contribution in [1.82, 2.24) is 14.5 Å². The van der Waals surface area contributed by atoms with Gasteiger partial charge in [-0.25, -0.2) is 4.98 Å². The monoisotopic (exact) mass is 297 g/mol. The van der Waals surface area contributed by atoms with E-state index in [1.54, 1.807) is 0 Å². The zero-order valence-corrected chi connectivity index (χ0v) is 13.4. The van der Waals surface area contributed by atoms with Gasteiger partial charge in [0.1, 0.15) is 5.82 Å². The molecule has 0 saturated heterocycles. The van der Waals surface area contributed by atoms with E-state index in [4.69, 9.17) is 0 Å². The molecule has 3 rings (SSSR count). The van der Waals surface area contributed by atoms with Gasteiger partial charge in [0, 0.05) is 25.2 Å². The van der Waals surface area contributed by atoms with Crippen molar-refractivity contribution in [2.75, 3.05) is 6.54 Å². The molecule has 1 saturated carbocycles. The summed E-state index contributed by atoms with van der Waals surface area (Å²) in [4.78, 5) is 19.4. The smallest absolute Gasteiger partial charge is 0.254 e. The highest BCUT2D eigenvalue weighted by atomic mass is 16.2. The lowest BCUT2D eigenvalue weighted by molar-refractivity contribution is 0.0706. The van der Waals surface area contributed by atoms with E-state index >= 15 is 0 Å². The Labute approximate surface area is 131 Å². The fourth-order valence-electron chi connectivity index (χ4n) is 3.37. The number of carbonyl (C=O) groups is 1. The van der Waals surface area contributed by atoms with Crippen LogP contribution in [0.3, 0.4) is 0 Å². The van der Waals surface area contributed by atoms with Crippen LogP contribution in [-0.2, 0) is 7.05 Å². The van der Waals surface area contributed by atoms with Crippen molar-refractivity contribution < 1.29 is 4.79 Å². The van der Waals surface area contributed by atoms with E-state index in [-0.39, 0.29) is 5.91 Å². The van der Waals surface area contributed by atoms with Crippen molar-refractivity contribution in [1.29, 1.82) is 0 Å². The predicted octanol–water partition coefficient (Wildman–Crippen LogP) is 3.45. The van der Waals surface area contributed by atoms with E-state index < -0.39 is 0 Å². The van der Waals surface area contributed by atoms with Gasteiger partial charge in [-0.1, -0.05) is 18.9 Å². The largest absolute Gasteiger partial charge is 0.332 e. The molecule has 1 aromatic heterocycles. The van der Waals surface area contributed by atoms with Crippen molar-refractivity contribution in [2.24, 2.45) is 7.05 Å². The molecule has 1 aliphatic rings. The lowest BCUT2D eigenvalue weighted by atomic mass is 10.1. The van der Waals surface area contributed by atoms with E-state index in [0.717, 1.165) is 35.3 Å². The molecule has 4 nitrogen and oxygen atoms in total. The second-order valence-electron chi connectivity index (χ2n) is 6.11. The van der Waals surface area contributed by atoms with Gasteiger partial charge in [-0.3, -0.25) is 4.79 Å². The molecule has 0 atom stereocenters. The Morgan fingerprint density at radius 2 is 2.18 bits per heavy atom. The fraction of sp³-hybridized carbons (Fsp3) is 0.444. The number of carbonyl (C=O) groups excluding carboxylic acids is 1. The average Bonchev–Trinajstić information content (AvgIpc) is 3.13. The van der Waals surface area contributed by atoms with E-state index in [1.807, 2.05) is 47.7 Å². The van der Waals surface area contributed by atoms with Crippen LogP contribution in [0, 0.1) is 6.92 Å². The van der Waals surface area contributed by atoms with Crippen LogP contribution < -0.4 is 0 Å². The Kier molecular flexibility index (Phi) is 4.01. The highest BCUT2D eigenvalue weighted by Crippen LogP contribution is 2.26. The first kappa shape index (κ1) is 14.8. The molecule has 1 amide bonds. The summed E-state index contributed by atoms with van der Waals surface area (Å²) in [6.07, 6.45) is 6.45. The van der Waals surface area contributed by atoms with Gasteiger partial charge >= 0.3 is 0 Å². The van der Waals surface area contributed by atoms with Gasteiger partial charge in [0.2, 0.25) is 0 Å². The molecule has 0 aliphatic heterocycles. The summed E-state index contributed by atoms with van der Waals surface area (Å²) in [6.45, 7) is 6.39. The normalized spacial score (nSPS) is 15.4. The molecule has 0 unspecified atom stereocenters. The molecular formula is C18H23N3O. The van der Waals surface area contributed by atoms with Crippen LogP contribution in [-0.4, -0.2) is 32.9 Å². The molecule has 4 heteroatoms. The van der Waals surface area contributed by atoms with Gasteiger partial charge in [0.25, 0.3) is 5.91 Å². The molecule has 0 radical (unpaired) electrons. The van der Waals surface area contributed by atoms with Crippen molar-refractivity contribution in [3.05, 3.63) is 42.2 Å². The quantitative estimate of drug-likeness (QED) is 0.811. The summed E-state index contributed by atoms with van der Waals surface area (Å²) in [5.74, 6) is 1.05. The number of fused-ring (bicyclic) bond motifs is 1. The number of nitrogens with zero attached hydrogens (tertiary/aromatic N) is 3. The summed E-state index contributed by atoms with van der Waals surface area (Å²) in [7, 11) is 1.99. The van der Waals surface area contributed by atoms with Crippen LogP contribution in [0.25, 0.3) is 11.0 Å². The Morgan fingerprint density at radius 1 is 1.45 bits per heavy atom. The zero-order chi connectivity index (χ0) is 15.7. The zero-order valence-electron chi connectivity index (χ0n) is 13.4. The lowest BCUT2D eigenvalue weighted by Gasteiger charge is -2.28. The van der Waals surface area contributed by atoms with Gasteiger partial charge in [0.05, 0.1) is 11.0 Å². The predicted molar refractivity (Wildman–Crippen MR) is 88.9 cm³/mol. The molecule has 1 aliphatic carbocycles. The van der Waals surface area contributed by atoms with Crippen LogP contribution in [0.15, 0.2) is 30.9 Å². The minimum absolute atomic E-state index is 0.0945. The molecule has 0 spiro atoms. The molecule has 116 valence electrons. The Morgan fingerprint density at radius 3 is 2.86 bits per heavy atom. The maximum Gasteiger partial charge on any atom is 0.254 e. The minimum atomic E-state index is 0.0945. The van der Waals surface area contributed by atoms with Crippen LogP contribution in [0.4, 0.5) is 0 Å². The third kappa shape index (κ3) is 2.54. The van der Waals surface area contributed by atoms with Gasteiger partial charge in [0.15, 0.2) is 0 Å². The van der Waals surface area contributed by atoms with Crippen LogP contribution >= 0.6 is 0 Å². The highest BCUT2D eigenvalue weighted by molar-refractivity contribution is 5.97. The number of amides is 1. The van der Waals surface area contributed by atoms with Crippen molar-refractivity contribution in [2.45, 2.75) is 38.6 Å². The number of aryl methyl sites for hydroxylation is 2. The maximum absolute atomic E-state index is 12.9. The first-order valence-corrected chi connectivity index (χ1v) is 7.96. The van der Waals surface area contributed by atoms with Gasteiger partial charge in [-0.2, -0.15) is 0 Å². The van der Waals surface area contributed by atoms with Crippen molar-refractivity contribution in [3.8, 4) is 0 Å². The number of imidazole rings is 1. The second-order valence-corrected chi connectivity index (χ2v) is 6.11. The van der Waals surface area contributed by atoms with Crippen LogP contribution in [0.5, 0.6) is 0 Å². The van der Waals surface area contributed by atoms with Crippen molar-refractivity contribution >= 4 is 16.9 Å². The molecule has 1 heterocycles. The number of rotatable bonds is 4. The van der Waals surface area contributed by atoms with Gasteiger partial charge in [-0.15, -0.1) is 6.58 Å². The molecule has 1 fully saturated rings. The number of hydrogen-bond donors (Lipinski definition) is 0. The lowest BCUT2D eigenvalue weighted by Crippen LogP contribution is -2.38. The Hall–Kier alpha value is -2.10. The topological polar surface area (TPSA) is 38.1 Å². The van der Waals surface area contributed by atoms with Crippen LogP contribution in [0.2, 0.25) is 0 Å². The summed E-state index contributed by atoms with van der Waals surface area (Å²) < 4.78 is 2.04. The molecule has 22 heavy (non-hydrogen) atoms. The van der Waals surface area contributed by atoms with Crippen molar-refractivity contribution in [3.63, 3.8) is 0 Å². The van der Waals surface area contributed by atoms with E-state index in [0.29, 0.717) is 12.6 Å². The van der Waals surface area contributed by atoms with Gasteiger partial charge < -0.3 is 9.47 Å². The van der Waals surface area contributed by atoms with E-state index in [9.17, 15) is 4.79 Å². The summed E-state index contributed by atoms with van der Waals surface area (Å²) in [5.41, 5.74) is 2.67. The first-order valence-electron chi connectivity index (χ1n) is 7.96. The summed E-state index contributed by atoms with van der Waals surface area (Å²) in [6, 6.07) is 6.17. The first-order chi connectivity index (χ1) is 10.6. The number of benzene rings is 1. The fourth-order valence-corrected chi connectivity index (χ4v) is 3.37. The Balaban J connectivity index is 1.93. The molecule has 1 aromatic carbocycles. The second kappa shape index (κ2) is 5.95. The number of hydrogen-bond acceptors (Lipinski definition) is 2. The number of aromatic nitrogens is 2. The van der Waals surface area contributed by atoms with Crippen LogP contribution in [0.1, 0.15) is 41.9 Å². The standard InChI is InChI=1S/C18H23N3O/c1-4-11-21(15-7-5-6-8-15)18(22)14-9-10-17-16(12-14)19-13(2)20(17)3/h4,9-10,12,15H,1,5-8,11H2,2-3H3. The Bertz CT molecular complexity index is 710. The third-order valence-electron chi connectivity index (χ3n) is 4.70. The summed E-state index contributed by atoms with van der Waals surface area (Å²) >= 11 is 0. The molecular weight excluding hydrogens is 274 g/mol. The van der Waals surface area contributed by atoms with E-state index in [2.05, 4.69) is 11.6 Å². The molecule has 0 N–H and O–H groups in total. The molecule has 0 bridgehead atoms. The minimum Gasteiger partial charge on any atom is -0.332 e. The maximum atomic E-state index is 12.9. The third-order valence-corrected chi connectivity index (χ3v) is 4.70. The molecule has 2 aromatic rings. The SMILES string of the molecule is C=CCN(C(=O)c1ccc2c(c1)nc(C)n2C)C1CCCC1. The van der Waals surface area contributed by atoms with E-state index in [1.165, 1.54) is 12.8 Å². The summed E-state index contributed by atoms with van der Waals surface area (Å²) in [5, 5.41) is 0. The average molecular weight is 297 g/mol. The van der Waals surface area contributed by atoms with Gasteiger partial charge in [-0.05, 0) is 38.0 Å². The highest BCUT2D eigenvalue weighted by Gasteiger charge is 2.26.